The highest BCUT2D eigenvalue weighted by Gasteiger charge is 2.24. The molecule has 2 N–H and O–H groups in total. The summed E-state index contributed by atoms with van der Waals surface area (Å²) >= 11 is 0. The highest BCUT2D eigenvalue weighted by atomic mass is 19.2. The molecule has 2 aromatic heterocycles. The van der Waals surface area contributed by atoms with Gasteiger partial charge < -0.3 is 20.4 Å². The van der Waals surface area contributed by atoms with Gasteiger partial charge in [0.2, 0.25) is 5.95 Å². The maximum absolute atomic E-state index is 14.0. The topological polar surface area (TPSA) is 112 Å². The van der Waals surface area contributed by atoms with E-state index in [1.54, 1.807) is 25.1 Å². The number of carbonyl (C=O) groups is 2. The minimum absolute atomic E-state index is 0.135. The number of hydrogen-bond acceptors (Lipinski definition) is 6. The number of nitrogens with one attached hydrogen (secondary N) is 2. The Bertz CT molecular complexity index is 2060. The molecule has 3 heterocycles. The van der Waals surface area contributed by atoms with Crippen LogP contribution in [-0.2, 0) is 6.54 Å². The standard InChI is InChI=1S/C33H27F4N7O3/c1-19-25-9-11-29(45)44(24-7-3-20(4-8-24)31(46)38-18-21-2-5-22(34)16-27(21)36)30(25)41-32(39-19)42-12-14-43(15-13-42)33(47)40-23-6-10-26(35)28(37)17-23/h2-11,16-17H,12-15,18H2,1H3,(H,38,46)(H,40,47). The van der Waals surface area contributed by atoms with E-state index in [0.717, 1.165) is 24.3 Å². The van der Waals surface area contributed by atoms with Crippen LogP contribution in [0.4, 0.5) is 34.0 Å². The van der Waals surface area contributed by atoms with Gasteiger partial charge in [-0.15, -0.1) is 0 Å². The van der Waals surface area contributed by atoms with Crippen LogP contribution < -0.4 is 21.1 Å². The molecule has 1 fully saturated rings. The molecule has 6 rings (SSSR count). The Kier molecular flexibility index (Phi) is 8.57. The number of aryl methyl sites for hydroxylation is 1. The Hall–Kier alpha value is -5.79. The van der Waals surface area contributed by atoms with Crippen molar-refractivity contribution in [2.75, 3.05) is 36.4 Å². The van der Waals surface area contributed by atoms with Crippen LogP contribution in [0.15, 0.2) is 77.6 Å². The first kappa shape index (κ1) is 31.2. The number of urea groups is 1. The highest BCUT2D eigenvalue weighted by molar-refractivity contribution is 5.94. The number of benzene rings is 3. The van der Waals surface area contributed by atoms with Crippen LogP contribution in [0.5, 0.6) is 0 Å². The van der Waals surface area contributed by atoms with Gasteiger partial charge >= 0.3 is 6.03 Å². The molecular formula is C33H27F4N7O3. The van der Waals surface area contributed by atoms with Crippen molar-refractivity contribution in [1.82, 2.24) is 24.8 Å². The number of anilines is 2. The molecule has 1 aliphatic rings. The number of halogens is 4. The zero-order valence-corrected chi connectivity index (χ0v) is 24.9. The first-order valence-electron chi connectivity index (χ1n) is 14.6. The van der Waals surface area contributed by atoms with Gasteiger partial charge in [0, 0.05) is 73.1 Å². The molecule has 240 valence electrons. The fraction of sp³-hybridized carbons (Fsp3) is 0.182. The van der Waals surface area contributed by atoms with Crippen molar-refractivity contribution in [3.8, 4) is 5.69 Å². The summed E-state index contributed by atoms with van der Waals surface area (Å²) in [5.41, 5.74) is 1.60. The fourth-order valence-electron chi connectivity index (χ4n) is 5.23. The van der Waals surface area contributed by atoms with Gasteiger partial charge in [0.15, 0.2) is 17.3 Å². The fourth-order valence-corrected chi connectivity index (χ4v) is 5.23. The van der Waals surface area contributed by atoms with Gasteiger partial charge in [-0.1, -0.05) is 6.07 Å². The van der Waals surface area contributed by atoms with Crippen LogP contribution in [0, 0.1) is 30.2 Å². The Morgan fingerprint density at radius 1 is 0.809 bits per heavy atom. The summed E-state index contributed by atoms with van der Waals surface area (Å²) in [4.78, 5) is 51.4. The van der Waals surface area contributed by atoms with E-state index in [1.165, 1.54) is 39.8 Å². The summed E-state index contributed by atoms with van der Waals surface area (Å²) in [6, 6.07) is 15.1. The lowest BCUT2D eigenvalue weighted by atomic mass is 10.1. The summed E-state index contributed by atoms with van der Waals surface area (Å²) in [6.07, 6.45) is 0. The molecule has 0 radical (unpaired) electrons. The van der Waals surface area contributed by atoms with Gasteiger partial charge in [0.25, 0.3) is 11.5 Å². The average Bonchev–Trinajstić information content (AvgIpc) is 3.06. The quantitative estimate of drug-likeness (QED) is 0.254. The Morgan fingerprint density at radius 3 is 2.26 bits per heavy atom. The zero-order chi connectivity index (χ0) is 33.2. The largest absolute Gasteiger partial charge is 0.348 e. The molecule has 0 spiro atoms. The first-order valence-corrected chi connectivity index (χ1v) is 14.6. The van der Waals surface area contributed by atoms with Crippen molar-refractivity contribution in [1.29, 1.82) is 0 Å². The van der Waals surface area contributed by atoms with E-state index in [9.17, 15) is 31.9 Å². The lowest BCUT2D eigenvalue weighted by Crippen LogP contribution is -2.50. The molecule has 1 saturated heterocycles. The molecule has 3 aromatic carbocycles. The molecule has 14 heteroatoms. The summed E-state index contributed by atoms with van der Waals surface area (Å²) in [5, 5.41) is 5.81. The van der Waals surface area contributed by atoms with Gasteiger partial charge in [-0.05, 0) is 55.5 Å². The molecule has 3 amide bonds. The minimum atomic E-state index is -1.06. The minimum Gasteiger partial charge on any atom is -0.348 e. The predicted octanol–water partition coefficient (Wildman–Crippen LogP) is 4.93. The van der Waals surface area contributed by atoms with Crippen molar-refractivity contribution in [2.24, 2.45) is 0 Å². The number of piperazine rings is 1. The van der Waals surface area contributed by atoms with Crippen molar-refractivity contribution in [3.05, 3.63) is 123 Å². The Balaban J connectivity index is 1.18. The lowest BCUT2D eigenvalue weighted by Gasteiger charge is -2.34. The van der Waals surface area contributed by atoms with E-state index in [-0.39, 0.29) is 28.9 Å². The summed E-state index contributed by atoms with van der Waals surface area (Å²) in [6.45, 7) is 3.01. The molecule has 0 atom stereocenters. The highest BCUT2D eigenvalue weighted by Crippen LogP contribution is 2.22. The molecule has 0 aliphatic carbocycles. The molecular weight excluding hydrogens is 618 g/mol. The number of rotatable bonds is 6. The van der Waals surface area contributed by atoms with E-state index in [4.69, 9.17) is 4.98 Å². The number of carbonyl (C=O) groups excluding carboxylic acids is 2. The molecule has 5 aromatic rings. The normalized spacial score (nSPS) is 13.1. The van der Waals surface area contributed by atoms with Crippen LogP contribution in [0.1, 0.15) is 21.6 Å². The van der Waals surface area contributed by atoms with E-state index >= 15 is 0 Å². The predicted molar refractivity (Wildman–Crippen MR) is 167 cm³/mol. The summed E-state index contributed by atoms with van der Waals surface area (Å²) in [5.74, 6) is -3.67. The van der Waals surface area contributed by atoms with E-state index < -0.39 is 35.2 Å². The number of pyridine rings is 1. The van der Waals surface area contributed by atoms with Gasteiger partial charge in [-0.25, -0.2) is 27.3 Å². The monoisotopic (exact) mass is 645 g/mol. The van der Waals surface area contributed by atoms with Crippen molar-refractivity contribution in [2.45, 2.75) is 13.5 Å². The van der Waals surface area contributed by atoms with E-state index in [1.807, 2.05) is 4.90 Å². The number of nitrogens with zero attached hydrogens (tertiary/aromatic N) is 5. The van der Waals surface area contributed by atoms with Crippen LogP contribution in [-0.4, -0.2) is 57.6 Å². The lowest BCUT2D eigenvalue weighted by molar-refractivity contribution is 0.0950. The third-order valence-corrected chi connectivity index (χ3v) is 7.79. The third kappa shape index (κ3) is 6.61. The molecule has 47 heavy (non-hydrogen) atoms. The molecule has 0 unspecified atom stereocenters. The van der Waals surface area contributed by atoms with Crippen molar-refractivity contribution >= 4 is 34.6 Å². The SMILES string of the molecule is Cc1nc(N2CCN(C(=O)Nc3ccc(F)c(F)c3)CC2)nc2c1ccc(=O)n2-c1ccc(C(=O)NCc2ccc(F)cc2F)cc1. The van der Waals surface area contributed by atoms with Crippen LogP contribution >= 0.6 is 0 Å². The maximum atomic E-state index is 14.0. The van der Waals surface area contributed by atoms with Gasteiger partial charge in [-0.2, -0.15) is 4.98 Å². The number of aromatic nitrogens is 3. The van der Waals surface area contributed by atoms with Gasteiger partial charge in [0.05, 0.1) is 11.4 Å². The average molecular weight is 646 g/mol. The maximum Gasteiger partial charge on any atom is 0.321 e. The van der Waals surface area contributed by atoms with E-state index in [0.29, 0.717) is 54.5 Å². The van der Waals surface area contributed by atoms with Crippen molar-refractivity contribution in [3.63, 3.8) is 0 Å². The Morgan fingerprint density at radius 2 is 1.55 bits per heavy atom. The number of amides is 3. The third-order valence-electron chi connectivity index (χ3n) is 7.79. The second-order valence-corrected chi connectivity index (χ2v) is 10.9. The van der Waals surface area contributed by atoms with Crippen LogP contribution in [0.3, 0.4) is 0 Å². The number of hydrogen-bond donors (Lipinski definition) is 2. The summed E-state index contributed by atoms with van der Waals surface area (Å²) < 4.78 is 55.3. The molecule has 0 saturated carbocycles. The van der Waals surface area contributed by atoms with E-state index in [2.05, 4.69) is 15.6 Å². The second kappa shape index (κ2) is 12.9. The molecule has 0 bridgehead atoms. The zero-order valence-electron chi connectivity index (χ0n) is 24.9. The molecule has 1 aliphatic heterocycles. The van der Waals surface area contributed by atoms with Crippen LogP contribution in [0.25, 0.3) is 16.7 Å². The van der Waals surface area contributed by atoms with Crippen LogP contribution in [0.2, 0.25) is 0 Å². The van der Waals surface area contributed by atoms with Crippen molar-refractivity contribution < 1.29 is 27.2 Å². The first-order chi connectivity index (χ1) is 22.6. The summed E-state index contributed by atoms with van der Waals surface area (Å²) in [7, 11) is 0. The van der Waals surface area contributed by atoms with Gasteiger partial charge in [0.1, 0.15) is 11.6 Å². The molecule has 10 nitrogen and oxygen atoms in total. The smallest absolute Gasteiger partial charge is 0.321 e. The Labute approximate surface area is 265 Å². The second-order valence-electron chi connectivity index (χ2n) is 10.9. The number of fused-ring (bicyclic) bond motifs is 1. The van der Waals surface area contributed by atoms with Gasteiger partial charge in [-0.3, -0.25) is 14.2 Å².